The van der Waals surface area contributed by atoms with Crippen LogP contribution in [-0.4, -0.2) is 31.4 Å². The van der Waals surface area contributed by atoms with Gasteiger partial charge in [0.1, 0.15) is 0 Å². The monoisotopic (exact) mass is 394 g/mol. The van der Waals surface area contributed by atoms with Gasteiger partial charge in [0, 0.05) is 24.3 Å². The first-order valence-electron chi connectivity index (χ1n) is 9.83. The molecule has 0 bridgehead atoms. The molecule has 6 nitrogen and oxygen atoms in total. The molecule has 152 valence electrons. The number of benzene rings is 2. The summed E-state index contributed by atoms with van der Waals surface area (Å²) >= 11 is 0. The first-order chi connectivity index (χ1) is 13.9. The Bertz CT molecular complexity index is 907. The lowest BCUT2D eigenvalue weighted by Gasteiger charge is -2.23. The summed E-state index contributed by atoms with van der Waals surface area (Å²) in [6.45, 7) is 4.62. The first kappa shape index (κ1) is 20.6. The zero-order chi connectivity index (χ0) is 21.0. The number of esters is 1. The van der Waals surface area contributed by atoms with Crippen molar-refractivity contribution in [3.8, 4) is 0 Å². The maximum absolute atomic E-state index is 12.7. The molecule has 3 rings (SSSR count). The maximum atomic E-state index is 12.7. The molecule has 2 amide bonds. The number of anilines is 2. The van der Waals surface area contributed by atoms with Gasteiger partial charge in [0.2, 0.25) is 11.8 Å². The topological polar surface area (TPSA) is 75.7 Å². The Hall–Kier alpha value is -3.15. The molecule has 6 heteroatoms. The van der Waals surface area contributed by atoms with Gasteiger partial charge in [-0.15, -0.1) is 0 Å². The van der Waals surface area contributed by atoms with Crippen molar-refractivity contribution < 1.29 is 19.1 Å². The van der Waals surface area contributed by atoms with E-state index in [1.165, 1.54) is 7.11 Å². The minimum absolute atomic E-state index is 0.0399. The molecule has 1 saturated heterocycles. The van der Waals surface area contributed by atoms with Gasteiger partial charge in [-0.25, -0.2) is 4.79 Å². The van der Waals surface area contributed by atoms with Gasteiger partial charge in [0.25, 0.3) is 0 Å². The molecule has 0 aliphatic carbocycles. The average molecular weight is 394 g/mol. The third-order valence-corrected chi connectivity index (χ3v) is 5.44. The Morgan fingerprint density at radius 3 is 2.52 bits per heavy atom. The molecule has 0 spiro atoms. The average Bonchev–Trinajstić information content (AvgIpc) is 3.14. The van der Waals surface area contributed by atoms with Crippen molar-refractivity contribution in [1.29, 1.82) is 0 Å². The molecule has 1 heterocycles. The summed E-state index contributed by atoms with van der Waals surface area (Å²) in [5, 5.41) is 2.84. The van der Waals surface area contributed by atoms with Crippen molar-refractivity contribution >= 4 is 29.2 Å². The summed E-state index contributed by atoms with van der Waals surface area (Å²) < 4.78 is 4.67. The molecule has 1 N–H and O–H groups in total. The van der Waals surface area contributed by atoms with Crippen molar-refractivity contribution in [2.75, 3.05) is 23.9 Å². The van der Waals surface area contributed by atoms with Crippen molar-refractivity contribution in [2.24, 2.45) is 5.92 Å². The van der Waals surface area contributed by atoms with Gasteiger partial charge < -0.3 is 15.0 Å². The Labute approximate surface area is 170 Å². The van der Waals surface area contributed by atoms with Crippen LogP contribution < -0.4 is 10.2 Å². The van der Waals surface area contributed by atoms with E-state index in [0.717, 1.165) is 17.7 Å². The summed E-state index contributed by atoms with van der Waals surface area (Å²) in [6, 6.07) is 14.4. The molecular formula is C23H26N2O4. The molecule has 1 aliphatic rings. The van der Waals surface area contributed by atoms with Gasteiger partial charge in [-0.1, -0.05) is 32.0 Å². The SMILES string of the molecule is CC[C@@H](C)c1ccccc1N1C[C@H](C(=O)Nc2ccc(C(=O)OC)cc2)CC1=O. The number of para-hydroxylation sites is 1. The third-order valence-electron chi connectivity index (χ3n) is 5.44. The van der Waals surface area contributed by atoms with E-state index in [9.17, 15) is 14.4 Å². The lowest BCUT2D eigenvalue weighted by atomic mass is 9.96. The summed E-state index contributed by atoms with van der Waals surface area (Å²) in [5.41, 5.74) is 3.01. The molecule has 29 heavy (non-hydrogen) atoms. The normalized spacial score (nSPS) is 17.1. The highest BCUT2D eigenvalue weighted by Gasteiger charge is 2.36. The second-order valence-corrected chi connectivity index (χ2v) is 7.33. The fourth-order valence-electron chi connectivity index (χ4n) is 3.54. The van der Waals surface area contributed by atoms with Crippen LogP contribution in [-0.2, 0) is 14.3 Å². The van der Waals surface area contributed by atoms with E-state index in [2.05, 4.69) is 23.9 Å². The van der Waals surface area contributed by atoms with E-state index >= 15 is 0 Å². The number of hydrogen-bond donors (Lipinski definition) is 1. The van der Waals surface area contributed by atoms with Crippen LogP contribution in [0.25, 0.3) is 0 Å². The molecule has 0 aromatic heterocycles. The summed E-state index contributed by atoms with van der Waals surface area (Å²) in [7, 11) is 1.32. The minimum atomic E-state index is -0.431. The number of amides is 2. The number of ether oxygens (including phenoxy) is 1. The summed E-state index contributed by atoms with van der Waals surface area (Å²) in [5.74, 6) is -0.762. The van der Waals surface area contributed by atoms with E-state index in [1.54, 1.807) is 29.2 Å². The number of carbonyl (C=O) groups is 3. The highest BCUT2D eigenvalue weighted by molar-refractivity contribution is 6.04. The molecule has 2 atom stereocenters. The third kappa shape index (κ3) is 4.47. The van der Waals surface area contributed by atoms with Crippen LogP contribution in [0.2, 0.25) is 0 Å². The van der Waals surface area contributed by atoms with Crippen LogP contribution in [0.3, 0.4) is 0 Å². The minimum Gasteiger partial charge on any atom is -0.465 e. The molecule has 0 saturated carbocycles. The summed E-state index contributed by atoms with van der Waals surface area (Å²) in [4.78, 5) is 38.6. The zero-order valence-corrected chi connectivity index (χ0v) is 17.0. The van der Waals surface area contributed by atoms with Crippen molar-refractivity contribution in [3.63, 3.8) is 0 Å². The lowest BCUT2D eigenvalue weighted by Crippen LogP contribution is -2.29. The molecule has 2 aromatic rings. The first-order valence-corrected chi connectivity index (χ1v) is 9.83. The quantitative estimate of drug-likeness (QED) is 0.752. The largest absolute Gasteiger partial charge is 0.465 e. The van der Waals surface area contributed by atoms with Gasteiger partial charge in [0.15, 0.2) is 0 Å². The van der Waals surface area contributed by atoms with E-state index in [1.807, 2.05) is 24.3 Å². The van der Waals surface area contributed by atoms with Crippen molar-refractivity contribution in [1.82, 2.24) is 0 Å². The predicted molar refractivity (Wildman–Crippen MR) is 112 cm³/mol. The Balaban J connectivity index is 1.70. The van der Waals surface area contributed by atoms with Crippen LogP contribution in [0.4, 0.5) is 11.4 Å². The number of rotatable bonds is 6. The number of methoxy groups -OCH3 is 1. The molecule has 0 unspecified atom stereocenters. The fourth-order valence-corrected chi connectivity index (χ4v) is 3.54. The Morgan fingerprint density at radius 2 is 1.86 bits per heavy atom. The van der Waals surface area contributed by atoms with Gasteiger partial charge in [0.05, 0.1) is 18.6 Å². The van der Waals surface area contributed by atoms with E-state index in [0.29, 0.717) is 23.7 Å². The number of nitrogens with zero attached hydrogens (tertiary/aromatic N) is 1. The Morgan fingerprint density at radius 1 is 1.17 bits per heavy atom. The highest BCUT2D eigenvalue weighted by Crippen LogP contribution is 2.33. The van der Waals surface area contributed by atoms with Gasteiger partial charge in [-0.2, -0.15) is 0 Å². The molecule has 0 radical (unpaired) electrons. The van der Waals surface area contributed by atoms with Gasteiger partial charge in [-0.05, 0) is 48.2 Å². The highest BCUT2D eigenvalue weighted by atomic mass is 16.5. The van der Waals surface area contributed by atoms with Crippen LogP contribution in [0.15, 0.2) is 48.5 Å². The Kier molecular flexibility index (Phi) is 6.32. The van der Waals surface area contributed by atoms with Gasteiger partial charge in [-0.3, -0.25) is 9.59 Å². The molecule has 1 aliphatic heterocycles. The smallest absolute Gasteiger partial charge is 0.337 e. The second-order valence-electron chi connectivity index (χ2n) is 7.33. The van der Waals surface area contributed by atoms with Crippen molar-refractivity contribution in [3.05, 3.63) is 59.7 Å². The molecule has 1 fully saturated rings. The van der Waals surface area contributed by atoms with Crippen LogP contribution in [0.5, 0.6) is 0 Å². The van der Waals surface area contributed by atoms with Crippen LogP contribution in [0.1, 0.15) is 48.5 Å². The zero-order valence-electron chi connectivity index (χ0n) is 17.0. The van der Waals surface area contributed by atoms with E-state index in [4.69, 9.17) is 0 Å². The standard InChI is InChI=1S/C23H26N2O4/c1-4-15(2)19-7-5-6-8-20(19)25-14-17(13-21(25)26)22(27)24-18-11-9-16(10-12-18)23(28)29-3/h5-12,15,17H,4,13-14H2,1-3H3,(H,24,27)/t15-,17-/m1/s1. The number of hydrogen-bond acceptors (Lipinski definition) is 4. The molecular weight excluding hydrogens is 368 g/mol. The number of carbonyl (C=O) groups excluding carboxylic acids is 3. The van der Waals surface area contributed by atoms with Crippen molar-refractivity contribution in [2.45, 2.75) is 32.6 Å². The summed E-state index contributed by atoms with van der Waals surface area (Å²) in [6.07, 6.45) is 1.16. The van der Waals surface area contributed by atoms with E-state index in [-0.39, 0.29) is 18.2 Å². The second kappa shape index (κ2) is 8.90. The molecule has 2 aromatic carbocycles. The van der Waals surface area contributed by atoms with Gasteiger partial charge >= 0.3 is 5.97 Å². The van der Waals surface area contributed by atoms with Crippen LogP contribution in [0, 0.1) is 5.92 Å². The van der Waals surface area contributed by atoms with E-state index < -0.39 is 11.9 Å². The predicted octanol–water partition coefficient (Wildman–Crippen LogP) is 3.98. The van der Waals surface area contributed by atoms with Crippen LogP contribution >= 0.6 is 0 Å². The lowest BCUT2D eigenvalue weighted by molar-refractivity contribution is -0.122. The number of nitrogens with one attached hydrogen (secondary N) is 1. The maximum Gasteiger partial charge on any atom is 0.337 e. The fraction of sp³-hybridized carbons (Fsp3) is 0.348.